The average molecular weight is 374 g/mol. The average Bonchev–Trinajstić information content (AvgIpc) is 2.69. The van der Waals surface area contributed by atoms with Crippen LogP contribution in [0.4, 0.5) is 15.3 Å². The number of anilines is 1. The Morgan fingerprint density at radius 2 is 1.70 bits per heavy atom. The number of likely N-dealkylation sites (tertiary alicyclic amines) is 1. The van der Waals surface area contributed by atoms with Crippen molar-refractivity contribution >= 4 is 17.8 Å². The molecular formula is C20H30N4O3. The summed E-state index contributed by atoms with van der Waals surface area (Å²) in [5.41, 5.74) is 2.52. The predicted octanol–water partition coefficient (Wildman–Crippen LogP) is 2.45. The van der Waals surface area contributed by atoms with Crippen LogP contribution in [0.25, 0.3) is 0 Å². The summed E-state index contributed by atoms with van der Waals surface area (Å²) in [6.07, 6.45) is 1.29. The zero-order valence-electron chi connectivity index (χ0n) is 16.3. The predicted molar refractivity (Wildman–Crippen MR) is 105 cm³/mol. The van der Waals surface area contributed by atoms with Crippen molar-refractivity contribution in [2.45, 2.75) is 32.7 Å². The summed E-state index contributed by atoms with van der Waals surface area (Å²) in [4.78, 5) is 30.3. The Kier molecular flexibility index (Phi) is 6.42. The number of nitrogens with zero attached hydrogens (tertiary/aromatic N) is 3. The van der Waals surface area contributed by atoms with Crippen molar-refractivity contribution in [3.8, 4) is 0 Å². The molecule has 1 aromatic rings. The second-order valence-corrected chi connectivity index (χ2v) is 7.17. The van der Waals surface area contributed by atoms with Crippen LogP contribution in [0.3, 0.4) is 0 Å². The van der Waals surface area contributed by atoms with Crippen molar-refractivity contribution in [3.05, 3.63) is 29.8 Å². The topological polar surface area (TPSA) is 65.1 Å². The molecule has 148 valence electrons. The highest BCUT2D eigenvalue weighted by atomic mass is 16.6. The third-order valence-electron chi connectivity index (χ3n) is 5.37. The summed E-state index contributed by atoms with van der Waals surface area (Å²) in [5, 5.41) is 3.14. The molecule has 27 heavy (non-hydrogen) atoms. The maximum absolute atomic E-state index is 12.6. The lowest BCUT2D eigenvalue weighted by atomic mass is 10.1. The number of urea groups is 1. The molecule has 2 aliphatic rings. The lowest BCUT2D eigenvalue weighted by Gasteiger charge is -2.38. The summed E-state index contributed by atoms with van der Waals surface area (Å²) in [6, 6.07) is 8.51. The first-order valence-electron chi connectivity index (χ1n) is 9.86. The highest BCUT2D eigenvalue weighted by molar-refractivity contribution is 5.75. The summed E-state index contributed by atoms with van der Waals surface area (Å²) in [5.74, 6) is 0. The molecule has 1 aromatic carbocycles. The molecule has 7 nitrogen and oxygen atoms in total. The van der Waals surface area contributed by atoms with Gasteiger partial charge in [-0.1, -0.05) is 18.2 Å². The Morgan fingerprint density at radius 1 is 1.04 bits per heavy atom. The molecule has 0 saturated carbocycles. The highest BCUT2D eigenvalue weighted by Gasteiger charge is 2.27. The first-order chi connectivity index (χ1) is 13.1. The van der Waals surface area contributed by atoms with E-state index in [1.165, 1.54) is 11.3 Å². The van der Waals surface area contributed by atoms with Crippen LogP contribution in [0.1, 0.15) is 25.3 Å². The maximum atomic E-state index is 12.6. The fraction of sp³-hybridized carbons (Fsp3) is 0.600. The number of aryl methyl sites for hydroxylation is 1. The highest BCUT2D eigenvalue weighted by Crippen LogP contribution is 2.21. The van der Waals surface area contributed by atoms with E-state index in [1.54, 1.807) is 4.90 Å². The number of hydrogen-bond donors (Lipinski definition) is 1. The minimum Gasteiger partial charge on any atom is -0.450 e. The lowest BCUT2D eigenvalue weighted by Crippen LogP contribution is -2.55. The molecular weight excluding hydrogens is 344 g/mol. The van der Waals surface area contributed by atoms with E-state index in [0.717, 1.165) is 39.0 Å². The molecule has 2 fully saturated rings. The zero-order chi connectivity index (χ0) is 19.2. The molecule has 7 heteroatoms. The van der Waals surface area contributed by atoms with Gasteiger partial charge in [-0.2, -0.15) is 0 Å². The van der Waals surface area contributed by atoms with Crippen LogP contribution in [-0.4, -0.2) is 73.8 Å². The van der Waals surface area contributed by atoms with Gasteiger partial charge in [0.1, 0.15) is 0 Å². The minimum absolute atomic E-state index is 0.00835. The summed E-state index contributed by atoms with van der Waals surface area (Å²) < 4.78 is 5.03. The van der Waals surface area contributed by atoms with Gasteiger partial charge in [-0.05, 0) is 38.3 Å². The number of nitrogens with one attached hydrogen (secondary N) is 1. The van der Waals surface area contributed by atoms with E-state index < -0.39 is 0 Å². The van der Waals surface area contributed by atoms with Crippen LogP contribution in [0, 0.1) is 6.92 Å². The van der Waals surface area contributed by atoms with E-state index in [1.807, 2.05) is 11.8 Å². The van der Waals surface area contributed by atoms with Gasteiger partial charge in [0.25, 0.3) is 0 Å². The Bertz CT molecular complexity index is 650. The summed E-state index contributed by atoms with van der Waals surface area (Å²) in [6.45, 7) is 8.73. The van der Waals surface area contributed by atoms with Crippen molar-refractivity contribution < 1.29 is 14.3 Å². The van der Waals surface area contributed by atoms with Gasteiger partial charge in [-0.25, -0.2) is 9.59 Å². The zero-order valence-corrected chi connectivity index (χ0v) is 16.3. The fourth-order valence-electron chi connectivity index (χ4n) is 3.76. The Balaban J connectivity index is 1.43. The molecule has 1 N–H and O–H groups in total. The lowest BCUT2D eigenvalue weighted by molar-refractivity contribution is 0.0950. The van der Waals surface area contributed by atoms with Gasteiger partial charge in [0.05, 0.1) is 6.61 Å². The van der Waals surface area contributed by atoms with Gasteiger partial charge in [-0.15, -0.1) is 0 Å². The van der Waals surface area contributed by atoms with Crippen molar-refractivity contribution in [3.63, 3.8) is 0 Å². The van der Waals surface area contributed by atoms with Gasteiger partial charge in [0, 0.05) is 51.0 Å². The van der Waals surface area contributed by atoms with Crippen molar-refractivity contribution in [2.24, 2.45) is 0 Å². The first-order valence-corrected chi connectivity index (χ1v) is 9.86. The second-order valence-electron chi connectivity index (χ2n) is 7.17. The number of carbonyl (C=O) groups excluding carboxylic acids is 2. The SMILES string of the molecule is CCOC(=O)N1CCC(NC(=O)N2CCN(c3ccccc3C)CC2)CC1. The Labute approximate surface area is 161 Å². The third kappa shape index (κ3) is 4.84. The smallest absolute Gasteiger partial charge is 0.409 e. The van der Waals surface area contributed by atoms with Crippen LogP contribution in [0.5, 0.6) is 0 Å². The van der Waals surface area contributed by atoms with E-state index in [-0.39, 0.29) is 18.2 Å². The number of rotatable bonds is 3. The molecule has 0 atom stereocenters. The van der Waals surface area contributed by atoms with Gasteiger partial charge in [-0.3, -0.25) is 0 Å². The standard InChI is InChI=1S/C20H30N4O3/c1-3-27-20(26)24-10-8-17(9-11-24)21-19(25)23-14-12-22(13-15-23)18-7-5-4-6-16(18)2/h4-7,17H,3,8-15H2,1-2H3,(H,21,25). The molecule has 0 aliphatic carbocycles. The number of para-hydroxylation sites is 1. The number of piperidine rings is 1. The van der Waals surface area contributed by atoms with Gasteiger partial charge < -0.3 is 24.8 Å². The third-order valence-corrected chi connectivity index (χ3v) is 5.37. The van der Waals surface area contributed by atoms with Gasteiger partial charge >= 0.3 is 12.1 Å². The van der Waals surface area contributed by atoms with Crippen LogP contribution in [0.2, 0.25) is 0 Å². The monoisotopic (exact) mass is 374 g/mol. The number of hydrogen-bond acceptors (Lipinski definition) is 4. The van der Waals surface area contributed by atoms with E-state index in [2.05, 4.69) is 41.4 Å². The molecule has 0 unspecified atom stereocenters. The van der Waals surface area contributed by atoms with Crippen LogP contribution in [0.15, 0.2) is 24.3 Å². The molecule has 3 amide bonds. The largest absolute Gasteiger partial charge is 0.450 e. The quantitative estimate of drug-likeness (QED) is 0.883. The van der Waals surface area contributed by atoms with Gasteiger partial charge in [0.15, 0.2) is 0 Å². The maximum Gasteiger partial charge on any atom is 0.409 e. The first kappa shape index (κ1) is 19.3. The molecule has 0 spiro atoms. The van der Waals surface area contributed by atoms with Crippen molar-refractivity contribution in [1.82, 2.24) is 15.1 Å². The van der Waals surface area contributed by atoms with Crippen LogP contribution < -0.4 is 10.2 Å². The van der Waals surface area contributed by atoms with Crippen molar-refractivity contribution in [2.75, 3.05) is 50.8 Å². The Morgan fingerprint density at radius 3 is 2.33 bits per heavy atom. The normalized spacial score (nSPS) is 18.4. The number of ether oxygens (including phenoxy) is 1. The number of carbonyl (C=O) groups is 2. The summed E-state index contributed by atoms with van der Waals surface area (Å²) >= 11 is 0. The molecule has 2 saturated heterocycles. The molecule has 2 aliphatic heterocycles. The second kappa shape index (κ2) is 8.97. The minimum atomic E-state index is -0.255. The molecule has 0 radical (unpaired) electrons. The van der Waals surface area contributed by atoms with Crippen LogP contribution in [-0.2, 0) is 4.74 Å². The number of amides is 3. The van der Waals surface area contributed by atoms with E-state index in [0.29, 0.717) is 19.7 Å². The summed E-state index contributed by atoms with van der Waals surface area (Å²) in [7, 11) is 0. The molecule has 0 aromatic heterocycles. The molecule has 2 heterocycles. The van der Waals surface area contributed by atoms with E-state index in [4.69, 9.17) is 4.74 Å². The molecule has 0 bridgehead atoms. The van der Waals surface area contributed by atoms with E-state index >= 15 is 0 Å². The Hall–Kier alpha value is -2.44. The number of benzene rings is 1. The fourth-order valence-corrected chi connectivity index (χ4v) is 3.76. The van der Waals surface area contributed by atoms with E-state index in [9.17, 15) is 9.59 Å². The molecule has 3 rings (SSSR count). The number of piperazine rings is 1. The van der Waals surface area contributed by atoms with Crippen LogP contribution >= 0.6 is 0 Å². The van der Waals surface area contributed by atoms with Crippen molar-refractivity contribution in [1.29, 1.82) is 0 Å². The van der Waals surface area contributed by atoms with Gasteiger partial charge in [0.2, 0.25) is 0 Å².